The van der Waals surface area contributed by atoms with E-state index < -0.39 is 29.2 Å². The molecule has 7 nitrogen and oxygen atoms in total. The zero-order chi connectivity index (χ0) is 22.1. The number of benzene rings is 1. The number of carbonyl (C=O) groups is 1. The predicted octanol–water partition coefficient (Wildman–Crippen LogP) is 3.85. The number of unbranched alkanes of at least 4 members (excludes halogenated alkanes) is 1. The van der Waals surface area contributed by atoms with Crippen molar-refractivity contribution in [1.29, 1.82) is 0 Å². The Morgan fingerprint density at radius 1 is 1.27 bits per heavy atom. The molecule has 0 aliphatic rings. The second kappa shape index (κ2) is 8.29. The van der Waals surface area contributed by atoms with Gasteiger partial charge in [-0.15, -0.1) is 0 Å². The number of aromatic nitrogens is 4. The Labute approximate surface area is 169 Å². The Morgan fingerprint density at radius 2 is 1.93 bits per heavy atom. The lowest BCUT2D eigenvalue weighted by molar-refractivity contribution is -0.137. The van der Waals surface area contributed by atoms with Crippen LogP contribution in [0.3, 0.4) is 0 Å². The van der Waals surface area contributed by atoms with Gasteiger partial charge in [-0.2, -0.15) is 18.3 Å². The summed E-state index contributed by atoms with van der Waals surface area (Å²) in [5.74, 6) is -0.730. The van der Waals surface area contributed by atoms with Crippen molar-refractivity contribution in [3.8, 4) is 0 Å². The van der Waals surface area contributed by atoms with Crippen molar-refractivity contribution in [1.82, 2.24) is 19.6 Å². The van der Waals surface area contributed by atoms with Gasteiger partial charge in [0.15, 0.2) is 11.2 Å². The molecule has 1 unspecified atom stereocenters. The fraction of sp³-hybridized carbons (Fsp3) is 0.400. The van der Waals surface area contributed by atoms with Crippen LogP contribution in [0.15, 0.2) is 29.1 Å². The SMILES string of the molecule is CCCCOC(=O)c1nc(C(C)c2ccc(C(F)(F)F)cc2)n2nc(C)[nH]c(=O)c12. The Morgan fingerprint density at radius 3 is 2.53 bits per heavy atom. The molecule has 0 aliphatic heterocycles. The Balaban J connectivity index is 2.07. The van der Waals surface area contributed by atoms with Gasteiger partial charge >= 0.3 is 12.1 Å². The molecular formula is C20H21F3N4O3. The van der Waals surface area contributed by atoms with Crippen molar-refractivity contribution in [2.45, 2.75) is 45.7 Å². The van der Waals surface area contributed by atoms with Crippen LogP contribution in [0.5, 0.6) is 0 Å². The van der Waals surface area contributed by atoms with E-state index in [4.69, 9.17) is 4.74 Å². The number of ether oxygens (including phenoxy) is 1. The largest absolute Gasteiger partial charge is 0.461 e. The molecule has 0 fully saturated rings. The van der Waals surface area contributed by atoms with Crippen LogP contribution in [0.25, 0.3) is 5.52 Å². The van der Waals surface area contributed by atoms with Crippen LogP contribution < -0.4 is 5.56 Å². The molecule has 2 heterocycles. The molecule has 0 spiro atoms. The Kier molecular flexibility index (Phi) is 5.95. The van der Waals surface area contributed by atoms with Gasteiger partial charge < -0.3 is 9.72 Å². The minimum absolute atomic E-state index is 0.0594. The summed E-state index contributed by atoms with van der Waals surface area (Å²) in [5, 5.41) is 4.25. The number of hydrogen-bond donors (Lipinski definition) is 1. The number of imidazole rings is 1. The highest BCUT2D eigenvalue weighted by Crippen LogP contribution is 2.31. The molecule has 3 aromatic rings. The highest BCUT2D eigenvalue weighted by Gasteiger charge is 2.31. The number of halogens is 3. The zero-order valence-electron chi connectivity index (χ0n) is 16.7. The molecule has 1 atom stereocenters. The van der Waals surface area contributed by atoms with Gasteiger partial charge in [-0.3, -0.25) is 4.79 Å². The van der Waals surface area contributed by atoms with Crippen LogP contribution in [-0.4, -0.2) is 32.2 Å². The number of aryl methyl sites for hydroxylation is 1. The quantitative estimate of drug-likeness (QED) is 0.481. The number of nitrogens with zero attached hydrogens (tertiary/aromatic N) is 3. The lowest BCUT2D eigenvalue weighted by Gasteiger charge is -2.12. The van der Waals surface area contributed by atoms with Crippen LogP contribution in [0.1, 0.15) is 65.9 Å². The number of carbonyl (C=O) groups excluding carboxylic acids is 1. The third-order valence-electron chi connectivity index (χ3n) is 4.69. The van der Waals surface area contributed by atoms with E-state index in [1.807, 2.05) is 6.92 Å². The third kappa shape index (κ3) is 4.22. The van der Waals surface area contributed by atoms with Gasteiger partial charge in [0.05, 0.1) is 12.2 Å². The van der Waals surface area contributed by atoms with E-state index in [2.05, 4.69) is 15.1 Å². The number of esters is 1. The maximum Gasteiger partial charge on any atom is 0.416 e. The molecule has 30 heavy (non-hydrogen) atoms. The van der Waals surface area contributed by atoms with E-state index in [0.717, 1.165) is 18.6 Å². The van der Waals surface area contributed by atoms with E-state index in [-0.39, 0.29) is 23.6 Å². The molecule has 0 radical (unpaired) electrons. The van der Waals surface area contributed by atoms with Crippen molar-refractivity contribution in [2.75, 3.05) is 6.61 Å². The van der Waals surface area contributed by atoms with Gasteiger partial charge in [0.1, 0.15) is 11.6 Å². The van der Waals surface area contributed by atoms with Gasteiger partial charge in [0.2, 0.25) is 0 Å². The van der Waals surface area contributed by atoms with Gasteiger partial charge in [0.25, 0.3) is 5.56 Å². The van der Waals surface area contributed by atoms with Crippen molar-refractivity contribution >= 4 is 11.5 Å². The number of nitrogens with one attached hydrogen (secondary N) is 1. The minimum Gasteiger partial charge on any atom is -0.461 e. The lowest BCUT2D eigenvalue weighted by Crippen LogP contribution is -2.18. The van der Waals surface area contributed by atoms with E-state index in [9.17, 15) is 22.8 Å². The van der Waals surface area contributed by atoms with Crippen molar-refractivity contribution in [3.05, 3.63) is 63.1 Å². The average Bonchev–Trinajstić information content (AvgIpc) is 3.06. The van der Waals surface area contributed by atoms with Crippen LogP contribution >= 0.6 is 0 Å². The smallest absolute Gasteiger partial charge is 0.416 e. The number of aromatic amines is 1. The van der Waals surface area contributed by atoms with E-state index >= 15 is 0 Å². The van der Waals surface area contributed by atoms with Crippen molar-refractivity contribution in [3.63, 3.8) is 0 Å². The summed E-state index contributed by atoms with van der Waals surface area (Å²) in [6.45, 7) is 5.42. The van der Waals surface area contributed by atoms with Gasteiger partial charge in [-0.25, -0.2) is 14.3 Å². The first-order chi connectivity index (χ1) is 14.1. The molecule has 0 saturated carbocycles. The molecule has 0 aliphatic carbocycles. The van der Waals surface area contributed by atoms with Gasteiger partial charge in [-0.05, 0) is 31.0 Å². The minimum atomic E-state index is -4.44. The lowest BCUT2D eigenvalue weighted by atomic mass is 9.99. The maximum atomic E-state index is 12.8. The van der Waals surface area contributed by atoms with E-state index in [0.29, 0.717) is 17.8 Å². The average molecular weight is 422 g/mol. The maximum absolute atomic E-state index is 12.8. The predicted molar refractivity (Wildman–Crippen MR) is 102 cm³/mol. The first-order valence-electron chi connectivity index (χ1n) is 9.47. The van der Waals surface area contributed by atoms with Crippen LogP contribution in [0.4, 0.5) is 13.2 Å². The molecule has 160 valence electrons. The van der Waals surface area contributed by atoms with E-state index in [1.54, 1.807) is 13.8 Å². The van der Waals surface area contributed by atoms with Crippen LogP contribution in [-0.2, 0) is 10.9 Å². The molecule has 1 N–H and O–H groups in total. The first kappa shape index (κ1) is 21.5. The molecule has 2 aromatic heterocycles. The van der Waals surface area contributed by atoms with Crippen molar-refractivity contribution in [2.24, 2.45) is 0 Å². The molecule has 0 saturated heterocycles. The second-order valence-corrected chi connectivity index (χ2v) is 6.95. The molecular weight excluding hydrogens is 401 g/mol. The molecule has 3 rings (SSSR count). The summed E-state index contributed by atoms with van der Waals surface area (Å²) in [4.78, 5) is 31.8. The molecule has 0 amide bonds. The number of H-pyrrole nitrogens is 1. The normalized spacial score (nSPS) is 12.9. The standard InChI is InChI=1S/C20H21F3N4O3/c1-4-5-10-30-19(29)15-16-18(28)24-12(3)26-27(16)17(25-15)11(2)13-6-8-14(9-7-13)20(21,22)23/h6-9,11H,4-5,10H2,1-3H3,(H,24,26,28). The van der Waals surface area contributed by atoms with E-state index in [1.165, 1.54) is 16.6 Å². The number of fused-ring (bicyclic) bond motifs is 1. The summed E-state index contributed by atoms with van der Waals surface area (Å²) in [6.07, 6.45) is -2.95. The fourth-order valence-corrected chi connectivity index (χ4v) is 3.04. The summed E-state index contributed by atoms with van der Waals surface area (Å²) in [5.41, 5.74) is -1.02. The van der Waals surface area contributed by atoms with Gasteiger partial charge in [-0.1, -0.05) is 32.4 Å². The van der Waals surface area contributed by atoms with Crippen LogP contribution in [0, 0.1) is 6.92 Å². The summed E-state index contributed by atoms with van der Waals surface area (Å²) >= 11 is 0. The molecule has 1 aromatic carbocycles. The molecule has 0 bridgehead atoms. The summed E-state index contributed by atoms with van der Waals surface area (Å²) in [6, 6.07) is 4.64. The fourth-order valence-electron chi connectivity index (χ4n) is 3.04. The summed E-state index contributed by atoms with van der Waals surface area (Å²) < 4.78 is 45.0. The first-order valence-corrected chi connectivity index (χ1v) is 9.47. The monoisotopic (exact) mass is 422 g/mol. The van der Waals surface area contributed by atoms with Crippen LogP contribution in [0.2, 0.25) is 0 Å². The van der Waals surface area contributed by atoms with Crippen molar-refractivity contribution < 1.29 is 22.7 Å². The zero-order valence-corrected chi connectivity index (χ0v) is 16.7. The second-order valence-electron chi connectivity index (χ2n) is 6.95. The number of alkyl halides is 3. The number of hydrogen-bond acceptors (Lipinski definition) is 5. The number of rotatable bonds is 6. The topological polar surface area (TPSA) is 89.3 Å². The van der Waals surface area contributed by atoms with Gasteiger partial charge in [0, 0.05) is 5.92 Å². The highest BCUT2D eigenvalue weighted by atomic mass is 19.4. The highest BCUT2D eigenvalue weighted by molar-refractivity contribution is 5.94. The summed E-state index contributed by atoms with van der Waals surface area (Å²) in [7, 11) is 0. The Bertz CT molecular complexity index is 1120. The molecule has 10 heteroatoms. The third-order valence-corrected chi connectivity index (χ3v) is 4.69. The Hall–Kier alpha value is -3.17.